The maximum absolute atomic E-state index is 10.5. The molecule has 4 nitrogen and oxygen atoms in total. The summed E-state index contributed by atoms with van der Waals surface area (Å²) in [6.45, 7) is 0.711. The lowest BCUT2D eigenvalue weighted by atomic mass is 10.1. The van der Waals surface area contributed by atoms with Crippen molar-refractivity contribution in [2.45, 2.75) is 17.7 Å². The third-order valence-electron chi connectivity index (χ3n) is 2.24. The summed E-state index contributed by atoms with van der Waals surface area (Å²) in [4.78, 5) is 10.4. The van der Waals surface area contributed by atoms with Gasteiger partial charge in [-0.3, -0.25) is 10.1 Å². The zero-order chi connectivity index (χ0) is 12.0. The number of alkyl halides is 1. The first-order valence-electron chi connectivity index (χ1n) is 5.00. The molecule has 0 aliphatic heterocycles. The standard InChI is InChI=1S/C11H14BrNO3/c1-16-7-6-10(12)8-9-2-4-11(5-3-9)13(14)15/h2-5,10H,6-8H2,1H3. The number of hydrogen-bond acceptors (Lipinski definition) is 3. The van der Waals surface area contributed by atoms with Gasteiger partial charge in [-0.15, -0.1) is 0 Å². The van der Waals surface area contributed by atoms with Crippen LogP contribution in [0.15, 0.2) is 24.3 Å². The molecule has 1 atom stereocenters. The van der Waals surface area contributed by atoms with Crippen LogP contribution in [-0.2, 0) is 11.2 Å². The van der Waals surface area contributed by atoms with E-state index < -0.39 is 0 Å². The van der Waals surface area contributed by atoms with Crippen LogP contribution in [-0.4, -0.2) is 23.5 Å². The van der Waals surface area contributed by atoms with Crippen LogP contribution in [0.4, 0.5) is 5.69 Å². The van der Waals surface area contributed by atoms with E-state index in [4.69, 9.17) is 4.74 Å². The molecule has 1 unspecified atom stereocenters. The second-order valence-electron chi connectivity index (χ2n) is 3.51. The molecule has 16 heavy (non-hydrogen) atoms. The number of nitro benzene ring substituents is 1. The molecule has 0 aromatic heterocycles. The van der Waals surface area contributed by atoms with Crippen molar-refractivity contribution in [1.82, 2.24) is 0 Å². The van der Waals surface area contributed by atoms with E-state index in [1.54, 1.807) is 19.2 Å². The number of nitro groups is 1. The fourth-order valence-corrected chi connectivity index (χ4v) is 1.92. The molecule has 1 aromatic rings. The minimum Gasteiger partial charge on any atom is -0.385 e. The van der Waals surface area contributed by atoms with Crippen molar-refractivity contribution in [3.05, 3.63) is 39.9 Å². The number of hydrogen-bond donors (Lipinski definition) is 0. The van der Waals surface area contributed by atoms with E-state index in [0.29, 0.717) is 11.4 Å². The molecule has 88 valence electrons. The molecule has 0 amide bonds. The van der Waals surface area contributed by atoms with E-state index in [9.17, 15) is 10.1 Å². The molecule has 0 radical (unpaired) electrons. The first kappa shape index (κ1) is 13.1. The molecule has 5 heteroatoms. The summed E-state index contributed by atoms with van der Waals surface area (Å²) in [6, 6.07) is 6.65. The topological polar surface area (TPSA) is 52.4 Å². The van der Waals surface area contributed by atoms with E-state index in [1.807, 2.05) is 0 Å². The van der Waals surface area contributed by atoms with E-state index in [1.165, 1.54) is 12.1 Å². The lowest BCUT2D eigenvalue weighted by molar-refractivity contribution is -0.384. The van der Waals surface area contributed by atoms with Gasteiger partial charge < -0.3 is 4.74 Å². The summed E-state index contributed by atoms with van der Waals surface area (Å²) < 4.78 is 4.98. The van der Waals surface area contributed by atoms with Gasteiger partial charge in [0.1, 0.15) is 0 Å². The lowest BCUT2D eigenvalue weighted by Gasteiger charge is -2.08. The summed E-state index contributed by atoms with van der Waals surface area (Å²) in [5, 5.41) is 10.5. The Morgan fingerprint density at radius 2 is 2.06 bits per heavy atom. The number of rotatable bonds is 6. The van der Waals surface area contributed by atoms with Crippen molar-refractivity contribution in [2.75, 3.05) is 13.7 Å². The highest BCUT2D eigenvalue weighted by Crippen LogP contribution is 2.17. The van der Waals surface area contributed by atoms with Crippen LogP contribution in [0, 0.1) is 10.1 Å². The Balaban J connectivity index is 2.51. The Hall–Kier alpha value is -0.940. The van der Waals surface area contributed by atoms with Crippen LogP contribution < -0.4 is 0 Å². The number of benzene rings is 1. The lowest BCUT2D eigenvalue weighted by Crippen LogP contribution is -2.06. The van der Waals surface area contributed by atoms with Gasteiger partial charge in [-0.25, -0.2) is 0 Å². The Morgan fingerprint density at radius 1 is 1.44 bits per heavy atom. The van der Waals surface area contributed by atoms with Gasteiger partial charge in [0.2, 0.25) is 0 Å². The highest BCUT2D eigenvalue weighted by atomic mass is 79.9. The number of halogens is 1. The Labute approximate surface area is 103 Å². The van der Waals surface area contributed by atoms with E-state index in [0.717, 1.165) is 18.4 Å². The van der Waals surface area contributed by atoms with Gasteiger partial charge in [-0.2, -0.15) is 0 Å². The molecule has 0 saturated carbocycles. The predicted molar refractivity (Wildman–Crippen MR) is 66.0 cm³/mol. The van der Waals surface area contributed by atoms with Gasteiger partial charge >= 0.3 is 0 Å². The predicted octanol–water partition coefficient (Wildman–Crippen LogP) is 2.94. The molecule has 0 fully saturated rings. The Bertz CT molecular complexity index is 340. The van der Waals surface area contributed by atoms with Crippen LogP contribution in [0.1, 0.15) is 12.0 Å². The third-order valence-corrected chi connectivity index (χ3v) is 3.02. The van der Waals surface area contributed by atoms with Crippen molar-refractivity contribution in [1.29, 1.82) is 0 Å². The number of nitrogens with zero attached hydrogens (tertiary/aromatic N) is 1. The molecule has 0 aliphatic rings. The van der Waals surface area contributed by atoms with Crippen LogP contribution >= 0.6 is 15.9 Å². The molecule has 0 heterocycles. The summed E-state index contributed by atoms with van der Waals surface area (Å²) in [5.41, 5.74) is 1.22. The summed E-state index contributed by atoms with van der Waals surface area (Å²) in [5.74, 6) is 0. The number of methoxy groups -OCH3 is 1. The minimum atomic E-state index is -0.389. The third kappa shape index (κ3) is 4.28. The van der Waals surface area contributed by atoms with Gasteiger partial charge in [0, 0.05) is 30.7 Å². The average molecular weight is 288 g/mol. The normalized spacial score (nSPS) is 12.4. The average Bonchev–Trinajstić information content (AvgIpc) is 2.27. The molecule has 0 saturated heterocycles. The minimum absolute atomic E-state index is 0.131. The van der Waals surface area contributed by atoms with E-state index in [-0.39, 0.29) is 10.6 Å². The molecular formula is C11H14BrNO3. The van der Waals surface area contributed by atoms with Gasteiger partial charge in [-0.05, 0) is 18.4 Å². The summed E-state index contributed by atoms with van der Waals surface area (Å²) in [7, 11) is 1.67. The first-order chi connectivity index (χ1) is 7.63. The fraction of sp³-hybridized carbons (Fsp3) is 0.455. The number of ether oxygens (including phenoxy) is 1. The monoisotopic (exact) mass is 287 g/mol. The summed E-state index contributed by atoms with van der Waals surface area (Å²) >= 11 is 3.55. The number of non-ortho nitro benzene ring substituents is 1. The van der Waals surface area contributed by atoms with Crippen LogP contribution in [0.25, 0.3) is 0 Å². The zero-order valence-corrected chi connectivity index (χ0v) is 10.6. The Morgan fingerprint density at radius 3 is 2.56 bits per heavy atom. The maximum Gasteiger partial charge on any atom is 0.269 e. The van der Waals surface area contributed by atoms with Crippen molar-refractivity contribution in [2.24, 2.45) is 0 Å². The van der Waals surface area contributed by atoms with Gasteiger partial charge in [-0.1, -0.05) is 28.1 Å². The van der Waals surface area contributed by atoms with Crippen molar-refractivity contribution < 1.29 is 9.66 Å². The molecule has 0 spiro atoms. The van der Waals surface area contributed by atoms with Gasteiger partial charge in [0.25, 0.3) is 5.69 Å². The summed E-state index contributed by atoms with van der Waals surface area (Å²) in [6.07, 6.45) is 1.77. The molecule has 0 N–H and O–H groups in total. The second-order valence-corrected chi connectivity index (χ2v) is 4.80. The molecular weight excluding hydrogens is 274 g/mol. The Kier molecular flexibility index (Phi) is 5.42. The quantitative estimate of drug-likeness (QED) is 0.459. The molecule has 0 bridgehead atoms. The fourth-order valence-electron chi connectivity index (χ4n) is 1.36. The SMILES string of the molecule is COCCC(Br)Cc1ccc([N+](=O)[O-])cc1. The smallest absolute Gasteiger partial charge is 0.269 e. The highest BCUT2D eigenvalue weighted by molar-refractivity contribution is 9.09. The zero-order valence-electron chi connectivity index (χ0n) is 9.06. The van der Waals surface area contributed by atoms with Gasteiger partial charge in [0.15, 0.2) is 0 Å². The first-order valence-corrected chi connectivity index (χ1v) is 5.91. The molecule has 1 rings (SSSR count). The van der Waals surface area contributed by atoms with E-state index >= 15 is 0 Å². The van der Waals surface area contributed by atoms with E-state index in [2.05, 4.69) is 15.9 Å². The molecule has 1 aromatic carbocycles. The van der Waals surface area contributed by atoms with Crippen molar-refractivity contribution in [3.63, 3.8) is 0 Å². The van der Waals surface area contributed by atoms with Crippen molar-refractivity contribution in [3.8, 4) is 0 Å². The van der Waals surface area contributed by atoms with Gasteiger partial charge in [0.05, 0.1) is 4.92 Å². The van der Waals surface area contributed by atoms with Crippen LogP contribution in [0.3, 0.4) is 0 Å². The maximum atomic E-state index is 10.5. The van der Waals surface area contributed by atoms with Crippen LogP contribution in [0.2, 0.25) is 0 Å². The largest absolute Gasteiger partial charge is 0.385 e. The second kappa shape index (κ2) is 6.60. The highest BCUT2D eigenvalue weighted by Gasteiger charge is 2.08. The van der Waals surface area contributed by atoms with Crippen molar-refractivity contribution >= 4 is 21.6 Å². The van der Waals surface area contributed by atoms with Crippen LogP contribution in [0.5, 0.6) is 0 Å². The molecule has 0 aliphatic carbocycles.